The third-order valence-electron chi connectivity index (χ3n) is 16.2. The number of hydrogen-bond donors (Lipinski definition) is 3. The summed E-state index contributed by atoms with van der Waals surface area (Å²) in [4.78, 5) is 52.3. The molecule has 0 radical (unpaired) electrons. The van der Waals surface area contributed by atoms with Crippen LogP contribution in [0, 0.1) is 56.7 Å². The maximum absolute atomic E-state index is 13.9. The summed E-state index contributed by atoms with van der Waals surface area (Å²) in [7, 11) is 0. The number of carboxylic acid groups (broad SMARTS) is 1. The molecule has 8 atom stereocenters. The number of nitrogens with one attached hydrogen (secondary N) is 2. The summed E-state index contributed by atoms with van der Waals surface area (Å²) in [6.07, 6.45) is 12.7. The van der Waals surface area contributed by atoms with E-state index in [-0.39, 0.29) is 57.8 Å². The quantitative estimate of drug-likeness (QED) is 0.219. The fourth-order valence-electron chi connectivity index (χ4n) is 13.3. The smallest absolute Gasteiger partial charge is 0.315 e. The molecule has 280 valence electrons. The molecule has 0 spiro atoms. The number of esters is 1. The Morgan fingerprint density at radius 1 is 0.880 bits per heavy atom. The van der Waals surface area contributed by atoms with Crippen LogP contribution in [0.25, 0.3) is 0 Å². The molecule has 5 saturated carbocycles. The highest BCUT2D eigenvalue weighted by molar-refractivity contribution is 6.02. The molecule has 6 rings (SSSR count). The van der Waals surface area contributed by atoms with Crippen molar-refractivity contribution in [1.29, 1.82) is 0 Å². The van der Waals surface area contributed by atoms with E-state index >= 15 is 0 Å². The number of amides is 2. The van der Waals surface area contributed by atoms with Crippen LogP contribution in [0.15, 0.2) is 11.1 Å². The van der Waals surface area contributed by atoms with Crippen molar-refractivity contribution in [2.75, 3.05) is 6.54 Å². The number of aliphatic carboxylic acids is 1. The van der Waals surface area contributed by atoms with Crippen molar-refractivity contribution in [3.63, 3.8) is 0 Å². The van der Waals surface area contributed by atoms with Gasteiger partial charge in [-0.15, -0.1) is 0 Å². The fraction of sp³-hybridized carbons (Fsp3) is 0.857. The lowest BCUT2D eigenvalue weighted by molar-refractivity contribution is -0.232. The Morgan fingerprint density at radius 2 is 1.56 bits per heavy atom. The third kappa shape index (κ3) is 5.76. The largest absolute Gasteiger partial charge is 0.481 e. The van der Waals surface area contributed by atoms with Gasteiger partial charge in [-0.25, -0.2) is 4.79 Å². The van der Waals surface area contributed by atoms with Crippen molar-refractivity contribution in [2.45, 2.75) is 164 Å². The van der Waals surface area contributed by atoms with E-state index < -0.39 is 22.9 Å². The average molecular weight is 695 g/mol. The Hall–Kier alpha value is -2.38. The predicted molar refractivity (Wildman–Crippen MR) is 194 cm³/mol. The lowest BCUT2D eigenvalue weighted by atomic mass is 9.33. The summed E-state index contributed by atoms with van der Waals surface area (Å²) in [5.74, 6) is 0.604. The van der Waals surface area contributed by atoms with E-state index in [2.05, 4.69) is 59.1 Å². The minimum absolute atomic E-state index is 0.00857. The topological polar surface area (TPSA) is 122 Å². The van der Waals surface area contributed by atoms with Crippen LogP contribution in [-0.4, -0.2) is 47.0 Å². The number of Topliss-reactive ketones (excluding diaryl/α,β-unsaturated/α-hetero) is 1. The van der Waals surface area contributed by atoms with Crippen molar-refractivity contribution in [1.82, 2.24) is 10.6 Å². The molecule has 50 heavy (non-hydrogen) atoms. The monoisotopic (exact) mass is 694 g/mol. The second kappa shape index (κ2) is 12.6. The number of ketones is 1. The van der Waals surface area contributed by atoms with E-state index in [4.69, 9.17) is 4.74 Å². The number of allylic oxidation sites excluding steroid dienone is 1. The summed E-state index contributed by atoms with van der Waals surface area (Å²) >= 11 is 0. The zero-order valence-corrected chi connectivity index (χ0v) is 32.6. The Balaban J connectivity index is 1.26. The standard InChI is InChI=1S/C42H66N2O6/c1-25(2)33-28(45)22-42(44-36(49)43-24-26-12-10-11-13-26)21-20-40(8)27(34(33)42)14-15-30-39(7)18-17-31(50-32(46)23-37(3,4)35(47)48)38(5,6)29(39)16-19-41(30,40)9/h25-27,29-31H,10-24H2,1-9H3,(H,47,48)(H2,43,44,49)/t27-,29?,30-,31+,39+,40-,41-,42-/m1/s1. The van der Waals surface area contributed by atoms with Gasteiger partial charge in [0.15, 0.2) is 5.78 Å². The molecule has 8 nitrogen and oxygen atoms in total. The number of ether oxygens (including phenoxy) is 1. The van der Waals surface area contributed by atoms with E-state index in [9.17, 15) is 24.3 Å². The normalized spacial score (nSPS) is 39.7. The molecule has 0 aliphatic heterocycles. The van der Waals surface area contributed by atoms with Crippen molar-refractivity contribution in [3.05, 3.63) is 11.1 Å². The first kappa shape index (κ1) is 37.4. The van der Waals surface area contributed by atoms with E-state index in [0.717, 1.165) is 56.9 Å². The van der Waals surface area contributed by atoms with Crippen molar-refractivity contribution in [2.24, 2.45) is 56.7 Å². The molecule has 0 saturated heterocycles. The van der Waals surface area contributed by atoms with Crippen LogP contribution in [0.5, 0.6) is 0 Å². The first-order valence-electron chi connectivity index (χ1n) is 20.0. The molecule has 2 amide bonds. The summed E-state index contributed by atoms with van der Waals surface area (Å²) < 4.78 is 6.15. The molecule has 5 fully saturated rings. The molecule has 0 aromatic rings. The van der Waals surface area contributed by atoms with Crippen LogP contribution < -0.4 is 10.6 Å². The van der Waals surface area contributed by atoms with E-state index in [1.165, 1.54) is 31.3 Å². The summed E-state index contributed by atoms with van der Waals surface area (Å²) in [6, 6.07) is -0.116. The number of carboxylic acids is 1. The maximum atomic E-state index is 13.9. The third-order valence-corrected chi connectivity index (χ3v) is 16.2. The molecule has 6 aliphatic rings. The summed E-state index contributed by atoms with van der Waals surface area (Å²) in [5, 5.41) is 16.3. The first-order chi connectivity index (χ1) is 23.2. The molecule has 0 aromatic heterocycles. The van der Waals surface area contributed by atoms with Gasteiger partial charge in [0.2, 0.25) is 0 Å². The molecule has 8 heteroatoms. The van der Waals surface area contributed by atoms with Crippen molar-refractivity contribution >= 4 is 23.8 Å². The predicted octanol–water partition coefficient (Wildman–Crippen LogP) is 8.62. The first-order valence-corrected chi connectivity index (χ1v) is 20.0. The molecular formula is C42H66N2O6. The minimum Gasteiger partial charge on any atom is -0.481 e. The van der Waals surface area contributed by atoms with E-state index in [0.29, 0.717) is 30.7 Å². The highest BCUT2D eigenvalue weighted by atomic mass is 16.5. The van der Waals surface area contributed by atoms with Crippen molar-refractivity contribution < 1.29 is 29.0 Å². The molecule has 0 aromatic carbocycles. The average Bonchev–Trinajstić information content (AvgIpc) is 3.63. The van der Waals surface area contributed by atoms with Gasteiger partial charge in [-0.2, -0.15) is 0 Å². The second-order valence-electron chi connectivity index (χ2n) is 20.0. The summed E-state index contributed by atoms with van der Waals surface area (Å²) in [5.41, 5.74) is 0.369. The molecule has 1 unspecified atom stereocenters. The van der Waals surface area contributed by atoms with Crippen LogP contribution in [0.4, 0.5) is 4.79 Å². The lowest BCUT2D eigenvalue weighted by Gasteiger charge is -2.72. The van der Waals surface area contributed by atoms with Gasteiger partial charge in [-0.3, -0.25) is 14.4 Å². The van der Waals surface area contributed by atoms with Gasteiger partial charge in [-0.1, -0.05) is 61.3 Å². The summed E-state index contributed by atoms with van der Waals surface area (Å²) in [6.45, 7) is 20.3. The molecule has 6 aliphatic carbocycles. The van der Waals surface area contributed by atoms with E-state index in [1.54, 1.807) is 13.8 Å². The van der Waals surface area contributed by atoms with Gasteiger partial charge in [0, 0.05) is 18.4 Å². The van der Waals surface area contributed by atoms with Crippen LogP contribution >= 0.6 is 0 Å². The number of hydrogen-bond acceptors (Lipinski definition) is 5. The highest BCUT2D eigenvalue weighted by Gasteiger charge is 2.70. The zero-order valence-electron chi connectivity index (χ0n) is 32.6. The minimum atomic E-state index is -1.16. The SMILES string of the molecule is CC(C)C1=C2[C@H]3CC[C@@H]4[C@@]5(C)CC[C@H](OC(=O)CC(C)(C)C(=O)O)C(C)(C)C5CC[C@@]4(C)[C@]3(C)CC[C@@]2(NC(=O)NCC2CCCC2)CC1=O. The number of carbonyl (C=O) groups excluding carboxylic acids is 3. The van der Waals surface area contributed by atoms with Crippen LogP contribution in [0.2, 0.25) is 0 Å². The number of fused-ring (bicyclic) bond motifs is 7. The van der Waals surface area contributed by atoms with E-state index in [1.807, 2.05) is 0 Å². The van der Waals surface area contributed by atoms with Gasteiger partial charge in [0.25, 0.3) is 0 Å². The second-order valence-corrected chi connectivity index (χ2v) is 20.0. The van der Waals surface area contributed by atoms with Crippen LogP contribution in [-0.2, 0) is 19.1 Å². The van der Waals surface area contributed by atoms with Crippen molar-refractivity contribution in [3.8, 4) is 0 Å². The Labute approximate surface area is 301 Å². The van der Waals surface area contributed by atoms with Gasteiger partial charge >= 0.3 is 18.0 Å². The van der Waals surface area contributed by atoms with Gasteiger partial charge in [0.1, 0.15) is 6.10 Å². The number of rotatable bonds is 8. The fourth-order valence-corrected chi connectivity index (χ4v) is 13.3. The molecular weight excluding hydrogens is 628 g/mol. The highest BCUT2D eigenvalue weighted by Crippen LogP contribution is 2.76. The number of urea groups is 1. The lowest BCUT2D eigenvalue weighted by Crippen LogP contribution is -2.67. The van der Waals surface area contributed by atoms with Crippen LogP contribution in [0.3, 0.4) is 0 Å². The molecule has 0 heterocycles. The Kier molecular flexibility index (Phi) is 9.45. The zero-order chi connectivity index (χ0) is 36.7. The maximum Gasteiger partial charge on any atom is 0.315 e. The molecule has 0 bridgehead atoms. The van der Waals surface area contributed by atoms with Gasteiger partial charge in [-0.05, 0) is 135 Å². The Bertz CT molecular complexity index is 1440. The van der Waals surface area contributed by atoms with Gasteiger partial charge in [0.05, 0.1) is 17.4 Å². The number of carbonyl (C=O) groups is 4. The van der Waals surface area contributed by atoms with Crippen LogP contribution in [0.1, 0.15) is 152 Å². The van der Waals surface area contributed by atoms with Gasteiger partial charge < -0.3 is 20.5 Å². The Morgan fingerprint density at radius 3 is 2.20 bits per heavy atom. The molecule has 3 N–H and O–H groups in total.